The van der Waals surface area contributed by atoms with Gasteiger partial charge in [0, 0.05) is 31.4 Å². The van der Waals surface area contributed by atoms with Crippen LogP contribution >= 0.6 is 0 Å². The number of carbonyl (C=O) groups excluding carboxylic acids is 1. The summed E-state index contributed by atoms with van der Waals surface area (Å²) < 4.78 is 2.30. The lowest BCUT2D eigenvalue weighted by Gasteiger charge is -2.09. The zero-order valence-corrected chi connectivity index (χ0v) is 10.1. The quantitative estimate of drug-likeness (QED) is 0.754. The molecular formula is C12H20N2O. The van der Waals surface area contributed by atoms with Gasteiger partial charge in [-0.25, -0.2) is 0 Å². The first-order valence-corrected chi connectivity index (χ1v) is 5.40. The summed E-state index contributed by atoms with van der Waals surface area (Å²) in [5, 5.41) is 2.81. The molecule has 0 aliphatic heterocycles. The number of amides is 1. The molecule has 1 rings (SSSR count). The van der Waals surface area contributed by atoms with E-state index in [1.165, 1.54) is 17.0 Å². The maximum atomic E-state index is 10.7. The van der Waals surface area contributed by atoms with Gasteiger partial charge in [-0.05, 0) is 38.8 Å². The first kappa shape index (κ1) is 11.8. The zero-order valence-electron chi connectivity index (χ0n) is 10.1. The molecule has 0 radical (unpaired) electrons. The van der Waals surface area contributed by atoms with Gasteiger partial charge in [0.2, 0.25) is 5.91 Å². The van der Waals surface area contributed by atoms with Crippen LogP contribution in [0.15, 0.2) is 6.07 Å². The van der Waals surface area contributed by atoms with Crippen molar-refractivity contribution in [2.45, 2.75) is 40.7 Å². The molecule has 84 valence electrons. The van der Waals surface area contributed by atoms with Crippen molar-refractivity contribution in [1.29, 1.82) is 0 Å². The standard InChI is InChI=1S/C12H20N2O/c1-9-8-10(2)14(11(9)3)7-5-6-13-12(4)15/h8H,5-7H2,1-4H3,(H,13,15). The normalized spacial score (nSPS) is 10.4. The topological polar surface area (TPSA) is 34.0 Å². The fraction of sp³-hybridized carbons (Fsp3) is 0.583. The molecule has 1 aromatic rings. The average molecular weight is 208 g/mol. The van der Waals surface area contributed by atoms with Crippen LogP contribution in [0, 0.1) is 20.8 Å². The third-order valence-corrected chi connectivity index (χ3v) is 2.76. The van der Waals surface area contributed by atoms with Gasteiger partial charge in [0.15, 0.2) is 0 Å². The van der Waals surface area contributed by atoms with Gasteiger partial charge >= 0.3 is 0 Å². The van der Waals surface area contributed by atoms with Crippen LogP contribution in [-0.4, -0.2) is 17.0 Å². The molecule has 0 aliphatic rings. The van der Waals surface area contributed by atoms with E-state index in [0.717, 1.165) is 19.5 Å². The second-order valence-corrected chi connectivity index (χ2v) is 4.04. The summed E-state index contributed by atoms with van der Waals surface area (Å²) in [5.74, 6) is 0.0483. The molecule has 0 unspecified atom stereocenters. The third kappa shape index (κ3) is 3.11. The Bertz CT molecular complexity index is 353. The van der Waals surface area contributed by atoms with Gasteiger partial charge in [0.25, 0.3) is 0 Å². The summed E-state index contributed by atoms with van der Waals surface area (Å²) in [6, 6.07) is 2.20. The molecule has 0 fully saturated rings. The van der Waals surface area contributed by atoms with E-state index in [4.69, 9.17) is 0 Å². The number of carbonyl (C=O) groups is 1. The maximum absolute atomic E-state index is 10.7. The van der Waals surface area contributed by atoms with E-state index < -0.39 is 0 Å². The lowest BCUT2D eigenvalue weighted by atomic mass is 10.3. The minimum atomic E-state index is 0.0483. The van der Waals surface area contributed by atoms with E-state index in [2.05, 4.69) is 36.7 Å². The predicted octanol–water partition coefficient (Wildman–Crippen LogP) is 1.94. The maximum Gasteiger partial charge on any atom is 0.216 e. The van der Waals surface area contributed by atoms with Gasteiger partial charge < -0.3 is 9.88 Å². The van der Waals surface area contributed by atoms with E-state index in [-0.39, 0.29) is 5.91 Å². The van der Waals surface area contributed by atoms with Crippen molar-refractivity contribution in [3.63, 3.8) is 0 Å². The number of nitrogens with zero attached hydrogens (tertiary/aromatic N) is 1. The van der Waals surface area contributed by atoms with Crippen LogP contribution in [0.5, 0.6) is 0 Å². The molecule has 0 saturated carbocycles. The highest BCUT2D eigenvalue weighted by atomic mass is 16.1. The predicted molar refractivity (Wildman–Crippen MR) is 61.9 cm³/mol. The highest BCUT2D eigenvalue weighted by Gasteiger charge is 2.04. The van der Waals surface area contributed by atoms with Gasteiger partial charge in [-0.2, -0.15) is 0 Å². The van der Waals surface area contributed by atoms with Gasteiger partial charge in [0.05, 0.1) is 0 Å². The molecule has 0 aromatic carbocycles. The van der Waals surface area contributed by atoms with E-state index in [9.17, 15) is 4.79 Å². The third-order valence-electron chi connectivity index (χ3n) is 2.76. The van der Waals surface area contributed by atoms with Gasteiger partial charge in [-0.1, -0.05) is 0 Å². The number of aromatic nitrogens is 1. The first-order valence-electron chi connectivity index (χ1n) is 5.40. The zero-order chi connectivity index (χ0) is 11.4. The molecule has 1 heterocycles. The smallest absolute Gasteiger partial charge is 0.216 e. The van der Waals surface area contributed by atoms with Crippen LogP contribution in [0.3, 0.4) is 0 Å². The van der Waals surface area contributed by atoms with E-state index in [1.54, 1.807) is 6.92 Å². The molecule has 3 heteroatoms. The second kappa shape index (κ2) is 5.01. The van der Waals surface area contributed by atoms with Crippen molar-refractivity contribution in [3.05, 3.63) is 23.0 Å². The Morgan fingerprint density at radius 1 is 1.40 bits per heavy atom. The number of nitrogens with one attached hydrogen (secondary N) is 1. The molecule has 3 nitrogen and oxygen atoms in total. The van der Waals surface area contributed by atoms with E-state index in [0.29, 0.717) is 0 Å². The summed E-state index contributed by atoms with van der Waals surface area (Å²) in [4.78, 5) is 10.7. The molecule has 0 bridgehead atoms. The van der Waals surface area contributed by atoms with Gasteiger partial charge in [0.1, 0.15) is 0 Å². The summed E-state index contributed by atoms with van der Waals surface area (Å²) >= 11 is 0. The number of rotatable bonds is 4. The minimum absolute atomic E-state index is 0.0483. The Morgan fingerprint density at radius 3 is 2.53 bits per heavy atom. The van der Waals surface area contributed by atoms with E-state index >= 15 is 0 Å². The summed E-state index contributed by atoms with van der Waals surface area (Å²) in [6.07, 6.45) is 0.982. The monoisotopic (exact) mass is 208 g/mol. The largest absolute Gasteiger partial charge is 0.356 e. The second-order valence-electron chi connectivity index (χ2n) is 4.04. The van der Waals surface area contributed by atoms with Crippen LogP contribution in [0.4, 0.5) is 0 Å². The number of hydrogen-bond acceptors (Lipinski definition) is 1. The van der Waals surface area contributed by atoms with Crippen molar-refractivity contribution in [2.24, 2.45) is 0 Å². The molecule has 0 spiro atoms. The highest BCUT2D eigenvalue weighted by Crippen LogP contribution is 2.13. The van der Waals surface area contributed by atoms with Crippen LogP contribution in [-0.2, 0) is 11.3 Å². The summed E-state index contributed by atoms with van der Waals surface area (Å²) in [7, 11) is 0. The van der Waals surface area contributed by atoms with Crippen molar-refractivity contribution in [3.8, 4) is 0 Å². The summed E-state index contributed by atoms with van der Waals surface area (Å²) in [5.41, 5.74) is 3.97. The fourth-order valence-electron chi connectivity index (χ4n) is 1.82. The van der Waals surface area contributed by atoms with Crippen molar-refractivity contribution in [2.75, 3.05) is 6.54 Å². The summed E-state index contributed by atoms with van der Waals surface area (Å²) in [6.45, 7) is 9.68. The van der Waals surface area contributed by atoms with Gasteiger partial charge in [-0.15, -0.1) is 0 Å². The SMILES string of the molecule is CC(=O)NCCCn1c(C)cc(C)c1C. The highest BCUT2D eigenvalue weighted by molar-refractivity contribution is 5.72. The Labute approximate surface area is 91.5 Å². The molecule has 15 heavy (non-hydrogen) atoms. The Hall–Kier alpha value is -1.25. The fourth-order valence-corrected chi connectivity index (χ4v) is 1.82. The lowest BCUT2D eigenvalue weighted by molar-refractivity contribution is -0.118. The minimum Gasteiger partial charge on any atom is -0.356 e. The Balaban J connectivity index is 2.47. The molecule has 1 aromatic heterocycles. The molecule has 0 atom stereocenters. The van der Waals surface area contributed by atoms with Crippen LogP contribution in [0.1, 0.15) is 30.3 Å². The van der Waals surface area contributed by atoms with Crippen LogP contribution in [0.25, 0.3) is 0 Å². The Morgan fingerprint density at radius 2 is 2.07 bits per heavy atom. The Kier molecular flexibility index (Phi) is 3.95. The molecule has 0 saturated heterocycles. The van der Waals surface area contributed by atoms with Crippen molar-refractivity contribution >= 4 is 5.91 Å². The average Bonchev–Trinajstić information content (AvgIpc) is 2.37. The van der Waals surface area contributed by atoms with Crippen LogP contribution in [0.2, 0.25) is 0 Å². The molecule has 0 aliphatic carbocycles. The molecular weight excluding hydrogens is 188 g/mol. The molecule has 1 amide bonds. The first-order chi connectivity index (χ1) is 7.02. The van der Waals surface area contributed by atoms with Crippen molar-refractivity contribution in [1.82, 2.24) is 9.88 Å². The van der Waals surface area contributed by atoms with Gasteiger partial charge in [-0.3, -0.25) is 4.79 Å². The lowest BCUT2D eigenvalue weighted by Crippen LogP contribution is -2.22. The van der Waals surface area contributed by atoms with Crippen molar-refractivity contribution < 1.29 is 4.79 Å². The number of hydrogen-bond donors (Lipinski definition) is 1. The van der Waals surface area contributed by atoms with Crippen LogP contribution < -0.4 is 5.32 Å². The van der Waals surface area contributed by atoms with E-state index in [1.807, 2.05) is 0 Å². The molecule has 1 N–H and O–H groups in total. The number of aryl methyl sites for hydroxylation is 2.